The maximum Gasteiger partial charge on any atom is 0.335 e. The number of carbonyl (C=O) groups is 2. The normalized spacial score (nSPS) is 18.8. The highest BCUT2D eigenvalue weighted by Gasteiger charge is 2.33. The summed E-state index contributed by atoms with van der Waals surface area (Å²) in [5.41, 5.74) is 2.09. The van der Waals surface area contributed by atoms with Crippen LogP contribution in [0.15, 0.2) is 12.1 Å². The fraction of sp³-hybridized carbons (Fsp3) is 0.429. The average Bonchev–Trinajstić information content (AvgIpc) is 2.70. The van der Waals surface area contributed by atoms with Gasteiger partial charge in [0.05, 0.1) is 11.3 Å². The van der Waals surface area contributed by atoms with E-state index in [1.807, 2.05) is 0 Å². The van der Waals surface area contributed by atoms with Gasteiger partial charge in [0.15, 0.2) is 0 Å². The van der Waals surface area contributed by atoms with E-state index in [1.165, 1.54) is 11.0 Å². The zero-order valence-electron chi connectivity index (χ0n) is 12.4. The van der Waals surface area contributed by atoms with Gasteiger partial charge in [-0.25, -0.2) is 18.4 Å². The van der Waals surface area contributed by atoms with Gasteiger partial charge in [-0.2, -0.15) is 0 Å². The molecule has 22 heavy (non-hydrogen) atoms. The Hall–Kier alpha value is -1.93. The maximum absolute atomic E-state index is 12.1. The SMILES string of the molecule is Cc1c(C(=O)O)ccc(N2CC(CS(N)(=O)=O)CC2=O)c1C. The number of carboxylic acid groups (broad SMARTS) is 1. The second-order valence-corrected chi connectivity index (χ2v) is 7.25. The van der Waals surface area contributed by atoms with Gasteiger partial charge >= 0.3 is 5.97 Å². The van der Waals surface area contributed by atoms with E-state index in [-0.39, 0.29) is 36.1 Å². The van der Waals surface area contributed by atoms with Crippen molar-refractivity contribution in [3.8, 4) is 0 Å². The Bertz CT molecular complexity index is 742. The number of nitrogens with zero attached hydrogens (tertiary/aromatic N) is 1. The molecule has 1 unspecified atom stereocenters. The lowest BCUT2D eigenvalue weighted by Crippen LogP contribution is -2.28. The Morgan fingerprint density at radius 2 is 2.00 bits per heavy atom. The second-order valence-electron chi connectivity index (χ2n) is 5.59. The lowest BCUT2D eigenvalue weighted by Gasteiger charge is -2.21. The molecule has 3 N–H and O–H groups in total. The topological polar surface area (TPSA) is 118 Å². The van der Waals surface area contributed by atoms with E-state index < -0.39 is 16.0 Å². The van der Waals surface area contributed by atoms with E-state index in [2.05, 4.69) is 0 Å². The molecule has 1 aromatic carbocycles. The van der Waals surface area contributed by atoms with Gasteiger partial charge in [-0.15, -0.1) is 0 Å². The van der Waals surface area contributed by atoms with Crippen LogP contribution in [0.2, 0.25) is 0 Å². The van der Waals surface area contributed by atoms with Crippen LogP contribution in [0.4, 0.5) is 5.69 Å². The summed E-state index contributed by atoms with van der Waals surface area (Å²) in [6.07, 6.45) is 0.121. The van der Waals surface area contributed by atoms with Gasteiger partial charge in [-0.3, -0.25) is 4.79 Å². The van der Waals surface area contributed by atoms with Crippen LogP contribution in [0, 0.1) is 19.8 Å². The van der Waals surface area contributed by atoms with Gasteiger partial charge in [0.25, 0.3) is 0 Å². The molecule has 2 rings (SSSR count). The summed E-state index contributed by atoms with van der Waals surface area (Å²) in [4.78, 5) is 24.7. The van der Waals surface area contributed by atoms with Crippen molar-refractivity contribution >= 4 is 27.6 Å². The molecule has 0 saturated carbocycles. The number of aromatic carboxylic acids is 1. The summed E-state index contributed by atoms with van der Waals surface area (Å²) in [5, 5.41) is 14.1. The first-order valence-corrected chi connectivity index (χ1v) is 8.46. The van der Waals surface area contributed by atoms with Crippen molar-refractivity contribution in [1.82, 2.24) is 0 Å². The highest BCUT2D eigenvalue weighted by Crippen LogP contribution is 2.31. The number of amides is 1. The molecule has 120 valence electrons. The fourth-order valence-electron chi connectivity index (χ4n) is 2.79. The van der Waals surface area contributed by atoms with Gasteiger partial charge < -0.3 is 10.0 Å². The zero-order chi connectivity index (χ0) is 16.7. The highest BCUT2D eigenvalue weighted by atomic mass is 32.2. The minimum atomic E-state index is -3.63. The predicted molar refractivity (Wildman–Crippen MR) is 81.3 cm³/mol. The van der Waals surface area contributed by atoms with Crippen molar-refractivity contribution in [2.24, 2.45) is 11.1 Å². The quantitative estimate of drug-likeness (QED) is 0.842. The number of hydrogen-bond acceptors (Lipinski definition) is 4. The standard InChI is InChI=1S/C14H18N2O5S/c1-8-9(2)12(4-3-11(8)14(18)19)16-6-10(5-13(16)17)7-22(15,20)21/h3-4,10H,5-7H2,1-2H3,(H,18,19)(H2,15,20,21). The molecule has 1 aliphatic rings. The van der Waals surface area contributed by atoms with Crippen LogP contribution >= 0.6 is 0 Å². The number of anilines is 1. The van der Waals surface area contributed by atoms with Crippen molar-refractivity contribution in [1.29, 1.82) is 0 Å². The van der Waals surface area contributed by atoms with Crippen LogP contribution in [0.5, 0.6) is 0 Å². The largest absolute Gasteiger partial charge is 0.478 e. The van der Waals surface area contributed by atoms with Crippen LogP contribution in [-0.4, -0.2) is 37.7 Å². The molecule has 1 heterocycles. The molecule has 7 nitrogen and oxygen atoms in total. The number of primary sulfonamides is 1. The predicted octanol–water partition coefficient (Wildman–Crippen LogP) is 0.643. The average molecular weight is 326 g/mol. The summed E-state index contributed by atoms with van der Waals surface area (Å²) in [7, 11) is -3.63. The Kier molecular flexibility index (Phi) is 4.25. The molecular formula is C14H18N2O5S. The molecule has 1 aliphatic heterocycles. The molecule has 1 atom stereocenters. The Morgan fingerprint density at radius 1 is 1.36 bits per heavy atom. The smallest absolute Gasteiger partial charge is 0.335 e. The summed E-state index contributed by atoms with van der Waals surface area (Å²) in [6.45, 7) is 3.70. The van der Waals surface area contributed by atoms with Crippen LogP contribution < -0.4 is 10.0 Å². The monoisotopic (exact) mass is 326 g/mol. The molecule has 1 amide bonds. The Labute approximate surface area is 128 Å². The third kappa shape index (κ3) is 3.28. The van der Waals surface area contributed by atoms with Gasteiger partial charge in [0.2, 0.25) is 15.9 Å². The summed E-state index contributed by atoms with van der Waals surface area (Å²) in [6, 6.07) is 3.04. The summed E-state index contributed by atoms with van der Waals surface area (Å²) < 4.78 is 22.3. The molecule has 1 saturated heterocycles. The molecule has 0 spiro atoms. The van der Waals surface area contributed by atoms with Crippen LogP contribution in [0.1, 0.15) is 27.9 Å². The van der Waals surface area contributed by atoms with E-state index in [0.29, 0.717) is 16.8 Å². The van der Waals surface area contributed by atoms with E-state index >= 15 is 0 Å². The number of nitrogens with two attached hydrogens (primary N) is 1. The van der Waals surface area contributed by atoms with Gasteiger partial charge in [0.1, 0.15) is 0 Å². The lowest BCUT2D eigenvalue weighted by molar-refractivity contribution is -0.117. The number of carbonyl (C=O) groups excluding carboxylic acids is 1. The number of carboxylic acids is 1. The molecular weight excluding hydrogens is 308 g/mol. The summed E-state index contributed by atoms with van der Waals surface area (Å²) in [5.74, 6) is -1.78. The minimum Gasteiger partial charge on any atom is -0.478 e. The third-order valence-corrected chi connectivity index (χ3v) is 4.89. The first-order valence-electron chi connectivity index (χ1n) is 6.74. The maximum atomic E-state index is 12.1. The molecule has 1 aromatic rings. The van der Waals surface area contributed by atoms with Crippen LogP contribution in [0.3, 0.4) is 0 Å². The van der Waals surface area contributed by atoms with Crippen molar-refractivity contribution in [3.63, 3.8) is 0 Å². The first kappa shape index (κ1) is 16.4. The van der Waals surface area contributed by atoms with Crippen LogP contribution in [-0.2, 0) is 14.8 Å². The second kappa shape index (κ2) is 5.69. The van der Waals surface area contributed by atoms with E-state index in [1.54, 1.807) is 19.9 Å². The molecule has 1 fully saturated rings. The Morgan fingerprint density at radius 3 is 2.55 bits per heavy atom. The van der Waals surface area contributed by atoms with Gasteiger partial charge in [0, 0.05) is 24.6 Å². The molecule has 0 bridgehead atoms. The van der Waals surface area contributed by atoms with E-state index in [0.717, 1.165) is 0 Å². The van der Waals surface area contributed by atoms with Crippen molar-refractivity contribution in [2.75, 3.05) is 17.2 Å². The van der Waals surface area contributed by atoms with Crippen molar-refractivity contribution in [2.45, 2.75) is 20.3 Å². The third-order valence-electron chi connectivity index (χ3n) is 3.95. The molecule has 8 heteroatoms. The minimum absolute atomic E-state index is 0.121. The van der Waals surface area contributed by atoms with E-state index in [9.17, 15) is 18.0 Å². The highest BCUT2D eigenvalue weighted by molar-refractivity contribution is 7.89. The van der Waals surface area contributed by atoms with Gasteiger partial charge in [-0.05, 0) is 37.1 Å². The molecule has 0 aliphatic carbocycles. The van der Waals surface area contributed by atoms with Crippen molar-refractivity contribution in [3.05, 3.63) is 28.8 Å². The zero-order valence-corrected chi connectivity index (χ0v) is 13.2. The number of benzene rings is 1. The van der Waals surface area contributed by atoms with E-state index in [4.69, 9.17) is 10.2 Å². The van der Waals surface area contributed by atoms with Crippen molar-refractivity contribution < 1.29 is 23.1 Å². The number of rotatable bonds is 4. The number of hydrogen-bond donors (Lipinski definition) is 2. The number of sulfonamides is 1. The fourth-order valence-corrected chi connectivity index (χ4v) is 3.67. The first-order chi connectivity index (χ1) is 10.1. The van der Waals surface area contributed by atoms with Gasteiger partial charge in [-0.1, -0.05) is 0 Å². The van der Waals surface area contributed by atoms with Crippen LogP contribution in [0.25, 0.3) is 0 Å². The summed E-state index contributed by atoms with van der Waals surface area (Å²) >= 11 is 0. The Balaban J connectivity index is 2.31. The molecule has 0 radical (unpaired) electrons. The molecule has 0 aromatic heterocycles. The lowest BCUT2D eigenvalue weighted by atomic mass is 10.0.